The minimum Gasteiger partial charge on any atom is -0.478 e. The molecule has 7 heteroatoms. The Labute approximate surface area is 105 Å². The van der Waals surface area contributed by atoms with E-state index >= 15 is 0 Å². The van der Waals surface area contributed by atoms with Gasteiger partial charge in [-0.15, -0.1) is 11.3 Å². The Hall–Kier alpha value is -2.28. The Bertz CT molecular complexity index is 612. The normalized spacial score (nSPS) is 10.1. The third kappa shape index (κ3) is 2.35. The van der Waals surface area contributed by atoms with Gasteiger partial charge in [0, 0.05) is 6.20 Å². The molecule has 18 heavy (non-hydrogen) atoms. The van der Waals surface area contributed by atoms with Crippen molar-refractivity contribution >= 4 is 28.2 Å². The van der Waals surface area contributed by atoms with Gasteiger partial charge in [0.2, 0.25) is 0 Å². The van der Waals surface area contributed by atoms with E-state index in [9.17, 15) is 14.0 Å². The standard InChI is InChI=1S/C11H7FN2O3S/c12-8-5-13-3-1-6(8)9(15)14-10-7(11(16)17)2-4-18-10/h1-5H,(H,14,15)(H,16,17). The minimum absolute atomic E-state index is 0.0252. The number of aromatic carboxylic acids is 1. The smallest absolute Gasteiger partial charge is 0.338 e. The van der Waals surface area contributed by atoms with Crippen molar-refractivity contribution in [1.29, 1.82) is 0 Å². The minimum atomic E-state index is -1.15. The number of nitrogens with zero attached hydrogens (tertiary/aromatic N) is 1. The van der Waals surface area contributed by atoms with Crippen molar-refractivity contribution in [2.45, 2.75) is 0 Å². The SMILES string of the molecule is O=C(Nc1sccc1C(=O)O)c1ccncc1F. The number of nitrogens with one attached hydrogen (secondary N) is 1. The van der Waals surface area contributed by atoms with E-state index in [0.29, 0.717) is 0 Å². The van der Waals surface area contributed by atoms with Gasteiger partial charge in [0.05, 0.1) is 17.3 Å². The molecule has 0 aromatic carbocycles. The van der Waals surface area contributed by atoms with Crippen molar-refractivity contribution < 1.29 is 19.1 Å². The number of pyridine rings is 1. The maximum absolute atomic E-state index is 13.3. The fraction of sp³-hybridized carbons (Fsp3) is 0. The zero-order valence-electron chi connectivity index (χ0n) is 8.88. The third-order valence-corrected chi connectivity index (χ3v) is 2.97. The van der Waals surface area contributed by atoms with E-state index < -0.39 is 17.7 Å². The Balaban J connectivity index is 2.25. The average molecular weight is 266 g/mol. The molecular formula is C11H7FN2O3S. The Morgan fingerprint density at radius 2 is 2.11 bits per heavy atom. The molecule has 2 aromatic heterocycles. The fourth-order valence-corrected chi connectivity index (χ4v) is 2.08. The maximum atomic E-state index is 13.3. The van der Waals surface area contributed by atoms with Crippen LogP contribution < -0.4 is 5.32 Å². The van der Waals surface area contributed by atoms with E-state index in [1.165, 1.54) is 23.7 Å². The van der Waals surface area contributed by atoms with Crippen LogP contribution in [0.1, 0.15) is 20.7 Å². The number of anilines is 1. The van der Waals surface area contributed by atoms with Crippen molar-refractivity contribution in [3.63, 3.8) is 0 Å². The van der Waals surface area contributed by atoms with Crippen LogP contribution >= 0.6 is 11.3 Å². The number of thiophene rings is 1. The Morgan fingerprint density at radius 3 is 2.78 bits per heavy atom. The number of amides is 1. The Kier molecular flexibility index (Phi) is 3.33. The summed E-state index contributed by atoms with van der Waals surface area (Å²) in [4.78, 5) is 26.1. The number of halogens is 1. The van der Waals surface area contributed by atoms with E-state index in [-0.39, 0.29) is 16.1 Å². The lowest BCUT2D eigenvalue weighted by molar-refractivity contribution is 0.0698. The highest BCUT2D eigenvalue weighted by Gasteiger charge is 2.16. The summed E-state index contributed by atoms with van der Waals surface area (Å²) in [7, 11) is 0. The van der Waals surface area contributed by atoms with Crippen LogP contribution in [0.15, 0.2) is 29.9 Å². The molecule has 0 saturated carbocycles. The van der Waals surface area contributed by atoms with Gasteiger partial charge in [-0.25, -0.2) is 9.18 Å². The van der Waals surface area contributed by atoms with Crippen LogP contribution in [0, 0.1) is 5.82 Å². The van der Waals surface area contributed by atoms with E-state index in [1.54, 1.807) is 0 Å². The molecule has 2 rings (SSSR count). The summed E-state index contributed by atoms with van der Waals surface area (Å²) < 4.78 is 13.3. The summed E-state index contributed by atoms with van der Waals surface area (Å²) in [5.74, 6) is -2.62. The number of carbonyl (C=O) groups excluding carboxylic acids is 1. The predicted molar refractivity (Wildman–Crippen MR) is 63.4 cm³/mol. The number of carboxylic acids is 1. The summed E-state index contributed by atoms with van der Waals surface area (Å²) in [5.41, 5.74) is -0.211. The van der Waals surface area contributed by atoms with Crippen LogP contribution in [0.3, 0.4) is 0 Å². The summed E-state index contributed by atoms with van der Waals surface area (Å²) in [6.45, 7) is 0. The lowest BCUT2D eigenvalue weighted by Gasteiger charge is -2.04. The molecule has 5 nitrogen and oxygen atoms in total. The molecule has 0 aliphatic heterocycles. The van der Waals surface area contributed by atoms with E-state index in [2.05, 4.69) is 10.3 Å². The summed E-state index contributed by atoms with van der Waals surface area (Å²) in [5, 5.41) is 12.9. The number of aromatic nitrogens is 1. The lowest BCUT2D eigenvalue weighted by Crippen LogP contribution is -2.14. The van der Waals surface area contributed by atoms with Crippen LogP contribution in [-0.4, -0.2) is 22.0 Å². The first-order valence-electron chi connectivity index (χ1n) is 4.81. The molecule has 2 heterocycles. The van der Waals surface area contributed by atoms with Crippen molar-refractivity contribution in [3.8, 4) is 0 Å². The van der Waals surface area contributed by atoms with Crippen LogP contribution in [0.2, 0.25) is 0 Å². The topological polar surface area (TPSA) is 79.3 Å². The zero-order chi connectivity index (χ0) is 13.1. The van der Waals surface area contributed by atoms with Gasteiger partial charge in [-0.3, -0.25) is 9.78 Å². The van der Waals surface area contributed by atoms with Gasteiger partial charge >= 0.3 is 5.97 Å². The van der Waals surface area contributed by atoms with Gasteiger partial charge in [-0.2, -0.15) is 0 Å². The Morgan fingerprint density at radius 1 is 1.33 bits per heavy atom. The second kappa shape index (κ2) is 4.92. The van der Waals surface area contributed by atoms with Gasteiger partial charge in [-0.1, -0.05) is 0 Å². The number of carbonyl (C=O) groups is 2. The van der Waals surface area contributed by atoms with Crippen molar-refractivity contribution in [3.05, 3.63) is 46.9 Å². The van der Waals surface area contributed by atoms with Gasteiger partial charge in [0.1, 0.15) is 5.00 Å². The quantitative estimate of drug-likeness (QED) is 0.892. The van der Waals surface area contributed by atoms with Crippen LogP contribution in [-0.2, 0) is 0 Å². The first-order chi connectivity index (χ1) is 8.59. The molecule has 92 valence electrons. The molecular weight excluding hydrogens is 259 g/mol. The monoisotopic (exact) mass is 266 g/mol. The number of rotatable bonds is 3. The molecule has 2 N–H and O–H groups in total. The fourth-order valence-electron chi connectivity index (χ4n) is 1.30. The highest BCUT2D eigenvalue weighted by atomic mass is 32.1. The zero-order valence-corrected chi connectivity index (χ0v) is 9.70. The lowest BCUT2D eigenvalue weighted by atomic mass is 10.2. The molecule has 0 saturated heterocycles. The second-order valence-corrected chi connectivity index (χ2v) is 4.19. The first-order valence-corrected chi connectivity index (χ1v) is 5.69. The largest absolute Gasteiger partial charge is 0.478 e. The van der Waals surface area contributed by atoms with Crippen molar-refractivity contribution in [2.75, 3.05) is 5.32 Å². The summed E-state index contributed by atoms with van der Waals surface area (Å²) >= 11 is 1.06. The average Bonchev–Trinajstić information content (AvgIpc) is 2.77. The first kappa shape index (κ1) is 12.2. The maximum Gasteiger partial charge on any atom is 0.338 e. The molecule has 0 aliphatic rings. The van der Waals surface area contributed by atoms with Crippen LogP contribution in [0.4, 0.5) is 9.39 Å². The molecule has 0 radical (unpaired) electrons. The van der Waals surface area contributed by atoms with Gasteiger partial charge in [-0.05, 0) is 17.5 Å². The highest BCUT2D eigenvalue weighted by molar-refractivity contribution is 7.14. The van der Waals surface area contributed by atoms with Crippen LogP contribution in [0.25, 0.3) is 0 Å². The molecule has 0 bridgehead atoms. The van der Waals surface area contributed by atoms with Gasteiger partial charge < -0.3 is 10.4 Å². The molecule has 0 fully saturated rings. The van der Waals surface area contributed by atoms with Gasteiger partial charge in [0.15, 0.2) is 5.82 Å². The second-order valence-electron chi connectivity index (χ2n) is 3.28. The number of hydrogen-bond acceptors (Lipinski definition) is 4. The molecule has 0 atom stereocenters. The van der Waals surface area contributed by atoms with E-state index in [4.69, 9.17) is 5.11 Å². The summed E-state index contributed by atoms with van der Waals surface area (Å²) in [6, 6.07) is 2.59. The van der Waals surface area contributed by atoms with Crippen molar-refractivity contribution in [2.24, 2.45) is 0 Å². The summed E-state index contributed by atoms with van der Waals surface area (Å²) in [6.07, 6.45) is 2.20. The molecule has 0 unspecified atom stereocenters. The number of carboxylic acid groups (broad SMARTS) is 1. The van der Waals surface area contributed by atoms with E-state index in [0.717, 1.165) is 17.5 Å². The van der Waals surface area contributed by atoms with Gasteiger partial charge in [0.25, 0.3) is 5.91 Å². The third-order valence-electron chi connectivity index (χ3n) is 2.14. The number of hydrogen-bond donors (Lipinski definition) is 2. The van der Waals surface area contributed by atoms with Crippen LogP contribution in [0.5, 0.6) is 0 Å². The molecule has 0 aliphatic carbocycles. The predicted octanol–water partition coefficient (Wildman–Crippen LogP) is 2.23. The van der Waals surface area contributed by atoms with E-state index in [1.807, 2.05) is 0 Å². The highest BCUT2D eigenvalue weighted by Crippen LogP contribution is 2.24. The van der Waals surface area contributed by atoms with Crippen molar-refractivity contribution in [1.82, 2.24) is 4.98 Å². The molecule has 0 spiro atoms. The molecule has 2 aromatic rings. The molecule has 1 amide bonds.